The van der Waals surface area contributed by atoms with E-state index in [1.807, 2.05) is 0 Å². The van der Waals surface area contributed by atoms with Crippen molar-refractivity contribution in [1.82, 2.24) is 4.98 Å². The summed E-state index contributed by atoms with van der Waals surface area (Å²) in [5, 5.41) is 1.25. The van der Waals surface area contributed by atoms with E-state index in [4.69, 9.17) is 4.74 Å². The zero-order valence-electron chi connectivity index (χ0n) is 13.2. The first kappa shape index (κ1) is 14.2. The molecule has 1 aromatic carbocycles. The van der Waals surface area contributed by atoms with Gasteiger partial charge >= 0.3 is 5.97 Å². The van der Waals surface area contributed by atoms with E-state index in [1.54, 1.807) is 0 Å². The number of H-pyrrole nitrogens is 1. The maximum atomic E-state index is 12.3. The van der Waals surface area contributed by atoms with Crippen molar-refractivity contribution in [3.05, 3.63) is 35.5 Å². The first-order valence-electron chi connectivity index (χ1n) is 7.68. The minimum Gasteiger partial charge on any atom is -0.469 e. The number of carbonyl (C=O) groups excluding carboxylic acids is 1. The van der Waals surface area contributed by atoms with Gasteiger partial charge in [0.05, 0.1) is 13.0 Å². The van der Waals surface area contributed by atoms with Crippen LogP contribution in [0, 0.1) is 5.92 Å². The Hall–Kier alpha value is -1.77. The van der Waals surface area contributed by atoms with Gasteiger partial charge in [-0.1, -0.05) is 39.0 Å². The molecule has 3 heteroatoms. The van der Waals surface area contributed by atoms with Crippen LogP contribution in [0.1, 0.15) is 50.8 Å². The molecule has 1 heterocycles. The van der Waals surface area contributed by atoms with E-state index < -0.39 is 0 Å². The summed E-state index contributed by atoms with van der Waals surface area (Å²) in [6.07, 6.45) is 1.78. The highest BCUT2D eigenvalue weighted by atomic mass is 16.5. The highest BCUT2D eigenvalue weighted by molar-refractivity contribution is 5.87. The largest absolute Gasteiger partial charge is 0.469 e. The van der Waals surface area contributed by atoms with Gasteiger partial charge in [0.25, 0.3) is 0 Å². The smallest absolute Gasteiger partial charge is 0.309 e. The number of carbonyl (C=O) groups is 1. The summed E-state index contributed by atoms with van der Waals surface area (Å²) in [5.74, 6) is 0.101. The Morgan fingerprint density at radius 2 is 2.10 bits per heavy atom. The first-order valence-corrected chi connectivity index (χ1v) is 7.68. The first-order chi connectivity index (χ1) is 9.99. The minimum atomic E-state index is -0.0779. The quantitative estimate of drug-likeness (QED) is 0.843. The summed E-state index contributed by atoms with van der Waals surface area (Å²) in [4.78, 5) is 15.9. The molecule has 0 spiro atoms. The van der Waals surface area contributed by atoms with Crippen LogP contribution in [-0.2, 0) is 14.9 Å². The lowest BCUT2D eigenvalue weighted by Gasteiger charge is -2.39. The third-order valence-corrected chi connectivity index (χ3v) is 4.95. The molecule has 0 radical (unpaired) electrons. The second-order valence-corrected chi connectivity index (χ2v) is 6.69. The van der Waals surface area contributed by atoms with Gasteiger partial charge in [0.2, 0.25) is 0 Å². The van der Waals surface area contributed by atoms with Crippen LogP contribution >= 0.6 is 0 Å². The molecule has 3 nitrogen and oxygen atoms in total. The standard InChI is InChI=1S/C18H23NO2/c1-5-11-13(17(20)21-4)10-18(2,3)16-15(11)12-8-6-7-9-14(12)19-16/h6-9,11,13,19H,5,10H2,1-4H3/t11-,13-/m0/s1. The number of nitrogens with one attached hydrogen (secondary N) is 1. The number of hydrogen-bond donors (Lipinski definition) is 1. The molecule has 0 aliphatic heterocycles. The van der Waals surface area contributed by atoms with Gasteiger partial charge in [-0.3, -0.25) is 4.79 Å². The molecular weight excluding hydrogens is 262 g/mol. The number of aromatic amines is 1. The third kappa shape index (κ3) is 2.06. The number of rotatable bonds is 2. The normalized spacial score (nSPS) is 23.8. The fourth-order valence-corrected chi connectivity index (χ4v) is 3.97. The van der Waals surface area contributed by atoms with E-state index in [0.29, 0.717) is 0 Å². The van der Waals surface area contributed by atoms with Crippen LogP contribution in [0.25, 0.3) is 10.9 Å². The Kier molecular flexibility index (Phi) is 3.31. The number of ether oxygens (including phenoxy) is 1. The van der Waals surface area contributed by atoms with Gasteiger partial charge < -0.3 is 9.72 Å². The van der Waals surface area contributed by atoms with E-state index in [1.165, 1.54) is 29.3 Å². The van der Waals surface area contributed by atoms with Gasteiger partial charge in [0.1, 0.15) is 0 Å². The van der Waals surface area contributed by atoms with Crippen LogP contribution in [-0.4, -0.2) is 18.1 Å². The predicted molar refractivity (Wildman–Crippen MR) is 84.5 cm³/mol. The predicted octanol–water partition coefficient (Wildman–Crippen LogP) is 4.13. The van der Waals surface area contributed by atoms with Crippen LogP contribution in [0.5, 0.6) is 0 Å². The highest BCUT2D eigenvalue weighted by Gasteiger charge is 2.44. The third-order valence-electron chi connectivity index (χ3n) is 4.95. The number of methoxy groups -OCH3 is 1. The van der Waals surface area contributed by atoms with Crippen LogP contribution < -0.4 is 0 Å². The lowest BCUT2D eigenvalue weighted by atomic mass is 9.65. The van der Waals surface area contributed by atoms with Crippen molar-refractivity contribution >= 4 is 16.9 Å². The fraction of sp³-hybridized carbons (Fsp3) is 0.500. The monoisotopic (exact) mass is 285 g/mol. The van der Waals surface area contributed by atoms with Crippen molar-refractivity contribution in [2.24, 2.45) is 5.92 Å². The number of aromatic nitrogens is 1. The Morgan fingerprint density at radius 1 is 1.38 bits per heavy atom. The number of fused-ring (bicyclic) bond motifs is 3. The average molecular weight is 285 g/mol. The highest BCUT2D eigenvalue weighted by Crippen LogP contribution is 2.49. The average Bonchev–Trinajstić information content (AvgIpc) is 2.87. The van der Waals surface area contributed by atoms with Crippen LogP contribution in [0.2, 0.25) is 0 Å². The van der Waals surface area contributed by atoms with E-state index in [0.717, 1.165) is 12.8 Å². The number of hydrogen-bond acceptors (Lipinski definition) is 2. The van der Waals surface area contributed by atoms with E-state index in [2.05, 4.69) is 50.0 Å². The lowest BCUT2D eigenvalue weighted by molar-refractivity contribution is -0.147. The lowest BCUT2D eigenvalue weighted by Crippen LogP contribution is -2.37. The maximum Gasteiger partial charge on any atom is 0.309 e. The molecule has 0 bridgehead atoms. The van der Waals surface area contributed by atoms with Gasteiger partial charge in [0, 0.05) is 22.0 Å². The molecule has 0 saturated heterocycles. The number of benzene rings is 1. The molecule has 1 aliphatic carbocycles. The van der Waals surface area contributed by atoms with E-state index in [-0.39, 0.29) is 23.2 Å². The van der Waals surface area contributed by atoms with Gasteiger partial charge in [-0.2, -0.15) is 0 Å². The summed E-state index contributed by atoms with van der Waals surface area (Å²) in [6.45, 7) is 6.58. The van der Waals surface area contributed by atoms with Gasteiger partial charge in [-0.15, -0.1) is 0 Å². The Bertz CT molecular complexity index is 684. The summed E-state index contributed by atoms with van der Waals surface area (Å²) < 4.78 is 5.07. The summed E-state index contributed by atoms with van der Waals surface area (Å²) in [6, 6.07) is 8.39. The zero-order valence-corrected chi connectivity index (χ0v) is 13.2. The Balaban J connectivity index is 2.25. The molecule has 1 aromatic heterocycles. The molecule has 3 rings (SSSR count). The molecule has 2 atom stereocenters. The Morgan fingerprint density at radius 3 is 2.76 bits per heavy atom. The van der Waals surface area contributed by atoms with E-state index >= 15 is 0 Å². The SMILES string of the molecule is CC[C@@H]1c2c([nH]c3ccccc23)C(C)(C)C[C@@H]1C(=O)OC. The summed E-state index contributed by atoms with van der Waals surface area (Å²) >= 11 is 0. The van der Waals surface area contributed by atoms with Crippen molar-refractivity contribution in [3.8, 4) is 0 Å². The Labute approximate surface area is 125 Å². The fourth-order valence-electron chi connectivity index (χ4n) is 3.97. The van der Waals surface area contributed by atoms with Crippen molar-refractivity contribution in [2.75, 3.05) is 7.11 Å². The summed E-state index contributed by atoms with van der Waals surface area (Å²) in [5.41, 5.74) is 3.73. The van der Waals surface area contributed by atoms with Gasteiger partial charge in [-0.25, -0.2) is 0 Å². The van der Waals surface area contributed by atoms with Crippen molar-refractivity contribution < 1.29 is 9.53 Å². The van der Waals surface area contributed by atoms with E-state index in [9.17, 15) is 4.79 Å². The molecule has 112 valence electrons. The maximum absolute atomic E-state index is 12.3. The van der Waals surface area contributed by atoms with Crippen molar-refractivity contribution in [1.29, 1.82) is 0 Å². The van der Waals surface area contributed by atoms with Crippen LogP contribution in [0.15, 0.2) is 24.3 Å². The number of para-hydroxylation sites is 1. The molecule has 0 unspecified atom stereocenters. The molecule has 1 aliphatic rings. The van der Waals surface area contributed by atoms with Crippen molar-refractivity contribution in [2.45, 2.75) is 44.9 Å². The molecule has 1 N–H and O–H groups in total. The summed E-state index contributed by atoms with van der Waals surface area (Å²) in [7, 11) is 1.49. The molecule has 0 saturated carbocycles. The minimum absolute atomic E-state index is 0.0428. The van der Waals surface area contributed by atoms with Crippen LogP contribution in [0.3, 0.4) is 0 Å². The molecular formula is C18H23NO2. The topological polar surface area (TPSA) is 42.1 Å². The molecule has 0 amide bonds. The second-order valence-electron chi connectivity index (χ2n) is 6.69. The molecule has 2 aromatic rings. The van der Waals surface area contributed by atoms with Crippen molar-refractivity contribution in [3.63, 3.8) is 0 Å². The van der Waals surface area contributed by atoms with Gasteiger partial charge in [-0.05, 0) is 30.4 Å². The van der Waals surface area contributed by atoms with Gasteiger partial charge in [0.15, 0.2) is 0 Å². The molecule has 21 heavy (non-hydrogen) atoms. The second kappa shape index (κ2) is 4.90. The molecule has 0 fully saturated rings. The van der Waals surface area contributed by atoms with Crippen LogP contribution in [0.4, 0.5) is 0 Å². The zero-order chi connectivity index (χ0) is 15.2. The number of esters is 1.